The number of ether oxygens (including phenoxy) is 1. The number of carbonyl (C=O) groups is 1. The van der Waals surface area contributed by atoms with E-state index in [1.165, 1.54) is 42.1 Å². The summed E-state index contributed by atoms with van der Waals surface area (Å²) in [6.07, 6.45) is -3.15. The van der Waals surface area contributed by atoms with Crippen molar-refractivity contribution in [3.8, 4) is 5.75 Å². The van der Waals surface area contributed by atoms with Gasteiger partial charge >= 0.3 is 6.18 Å². The van der Waals surface area contributed by atoms with E-state index in [1.54, 1.807) is 24.3 Å². The molecule has 0 bridgehead atoms. The fraction of sp³-hybridized carbons (Fsp3) is 0.143. The van der Waals surface area contributed by atoms with Gasteiger partial charge in [0, 0.05) is 18.0 Å². The van der Waals surface area contributed by atoms with Crippen molar-refractivity contribution in [3.63, 3.8) is 0 Å². The molecule has 0 aliphatic heterocycles. The van der Waals surface area contributed by atoms with Crippen LogP contribution in [0.2, 0.25) is 0 Å². The molecule has 3 rings (SSSR count). The zero-order valence-electron chi connectivity index (χ0n) is 15.4. The van der Waals surface area contributed by atoms with Gasteiger partial charge in [-0.15, -0.1) is 0 Å². The van der Waals surface area contributed by atoms with Crippen molar-refractivity contribution >= 4 is 11.6 Å². The van der Waals surface area contributed by atoms with E-state index < -0.39 is 23.2 Å². The lowest BCUT2D eigenvalue weighted by atomic mass is 10.1. The normalized spacial score (nSPS) is 11.2. The Kier molecular flexibility index (Phi) is 5.72. The van der Waals surface area contributed by atoms with Crippen molar-refractivity contribution < 1.29 is 22.7 Å². The van der Waals surface area contributed by atoms with Gasteiger partial charge in [0.15, 0.2) is 0 Å². The van der Waals surface area contributed by atoms with Crippen LogP contribution in [-0.4, -0.2) is 17.6 Å². The Bertz CT molecular complexity index is 1070. The molecule has 29 heavy (non-hydrogen) atoms. The molecule has 1 N–H and O–H groups in total. The summed E-state index contributed by atoms with van der Waals surface area (Å²) in [5.74, 6) is 0.186. The number of nitrogens with one attached hydrogen (secondary N) is 1. The third kappa shape index (κ3) is 5.04. The summed E-state index contributed by atoms with van der Waals surface area (Å²) in [7, 11) is 1.53. The predicted molar refractivity (Wildman–Crippen MR) is 102 cm³/mol. The summed E-state index contributed by atoms with van der Waals surface area (Å²) in [4.78, 5) is 24.6. The second-order valence-corrected chi connectivity index (χ2v) is 6.26. The minimum atomic E-state index is -4.47. The van der Waals surface area contributed by atoms with Gasteiger partial charge in [0.2, 0.25) is 0 Å². The van der Waals surface area contributed by atoms with Crippen molar-refractivity contribution in [1.29, 1.82) is 0 Å². The first-order valence-electron chi connectivity index (χ1n) is 8.58. The quantitative estimate of drug-likeness (QED) is 0.697. The lowest BCUT2D eigenvalue weighted by Gasteiger charge is -2.11. The van der Waals surface area contributed by atoms with Gasteiger partial charge in [-0.2, -0.15) is 13.2 Å². The van der Waals surface area contributed by atoms with Gasteiger partial charge in [-0.3, -0.25) is 9.59 Å². The molecule has 2 aromatic carbocycles. The Hall–Kier alpha value is -3.55. The predicted octanol–water partition coefficient (Wildman–Crippen LogP) is 4.18. The molecule has 1 heterocycles. The smallest absolute Gasteiger partial charge is 0.416 e. The van der Waals surface area contributed by atoms with Gasteiger partial charge in [0.05, 0.1) is 24.8 Å². The maximum Gasteiger partial charge on any atom is 0.416 e. The molecular formula is C21H17F3N2O3. The Balaban J connectivity index is 1.80. The molecule has 3 aromatic rings. The Morgan fingerprint density at radius 3 is 2.45 bits per heavy atom. The Morgan fingerprint density at radius 1 is 1.07 bits per heavy atom. The molecule has 0 spiro atoms. The van der Waals surface area contributed by atoms with Crippen LogP contribution in [0.15, 0.2) is 71.7 Å². The van der Waals surface area contributed by atoms with Crippen LogP contribution < -0.4 is 15.6 Å². The lowest BCUT2D eigenvalue weighted by molar-refractivity contribution is -0.137. The third-order valence-corrected chi connectivity index (χ3v) is 4.20. The monoisotopic (exact) mass is 402 g/mol. The van der Waals surface area contributed by atoms with Gasteiger partial charge in [-0.05, 0) is 48.0 Å². The molecule has 0 radical (unpaired) electrons. The molecule has 1 amide bonds. The Morgan fingerprint density at radius 2 is 1.79 bits per heavy atom. The molecule has 8 heteroatoms. The number of benzene rings is 2. The molecule has 0 atom stereocenters. The van der Waals surface area contributed by atoms with Gasteiger partial charge in [-0.1, -0.05) is 12.1 Å². The second-order valence-electron chi connectivity index (χ2n) is 6.26. The first kappa shape index (κ1) is 20.2. The highest BCUT2D eigenvalue weighted by Gasteiger charge is 2.30. The van der Waals surface area contributed by atoms with Gasteiger partial charge in [-0.25, -0.2) is 0 Å². The van der Waals surface area contributed by atoms with Crippen LogP contribution in [0, 0.1) is 0 Å². The number of pyridine rings is 1. The van der Waals surface area contributed by atoms with Gasteiger partial charge in [0.25, 0.3) is 11.5 Å². The summed E-state index contributed by atoms with van der Waals surface area (Å²) < 4.78 is 44.9. The summed E-state index contributed by atoms with van der Waals surface area (Å²) in [6.45, 7) is -0.0909. The fourth-order valence-corrected chi connectivity index (χ4v) is 2.71. The number of amides is 1. The molecule has 0 unspecified atom stereocenters. The van der Waals surface area contributed by atoms with Crippen LogP contribution in [0.1, 0.15) is 21.5 Å². The molecule has 1 aromatic heterocycles. The minimum Gasteiger partial charge on any atom is -0.497 e. The first-order valence-corrected chi connectivity index (χ1v) is 8.58. The van der Waals surface area contributed by atoms with Crippen LogP contribution in [0.3, 0.4) is 0 Å². The maximum absolute atomic E-state index is 12.9. The molecule has 5 nitrogen and oxygen atoms in total. The molecule has 0 aliphatic rings. The number of methoxy groups -OCH3 is 1. The van der Waals surface area contributed by atoms with Crippen molar-refractivity contribution in [3.05, 3.63) is 93.9 Å². The van der Waals surface area contributed by atoms with E-state index in [0.717, 1.165) is 12.1 Å². The lowest BCUT2D eigenvalue weighted by Crippen LogP contribution is -2.22. The standard InChI is InChI=1S/C21H17F3N2O3/c1-29-18-8-6-17(7-9-18)25-20(28)15-5-10-19(27)26(13-15)12-14-3-2-4-16(11-14)21(22,23)24/h2-11,13H,12H2,1H3,(H,25,28). The summed E-state index contributed by atoms with van der Waals surface area (Å²) >= 11 is 0. The molecule has 150 valence electrons. The zero-order valence-corrected chi connectivity index (χ0v) is 15.4. The highest BCUT2D eigenvalue weighted by Crippen LogP contribution is 2.29. The minimum absolute atomic E-state index is 0.0909. The van der Waals surface area contributed by atoms with E-state index >= 15 is 0 Å². The zero-order chi connectivity index (χ0) is 21.0. The number of aromatic nitrogens is 1. The van der Waals surface area contributed by atoms with Crippen LogP contribution >= 0.6 is 0 Å². The SMILES string of the molecule is COc1ccc(NC(=O)c2ccc(=O)n(Cc3cccc(C(F)(F)F)c3)c2)cc1. The second kappa shape index (κ2) is 8.22. The average Bonchev–Trinajstić information content (AvgIpc) is 2.70. The van der Waals surface area contributed by atoms with E-state index in [-0.39, 0.29) is 12.1 Å². The highest BCUT2D eigenvalue weighted by molar-refractivity contribution is 6.04. The summed E-state index contributed by atoms with van der Waals surface area (Å²) in [6, 6.07) is 14.0. The van der Waals surface area contributed by atoms with Crippen molar-refractivity contribution in [2.24, 2.45) is 0 Å². The highest BCUT2D eigenvalue weighted by atomic mass is 19.4. The van der Waals surface area contributed by atoms with Crippen molar-refractivity contribution in [2.45, 2.75) is 12.7 Å². The van der Waals surface area contributed by atoms with Gasteiger partial charge in [0.1, 0.15) is 5.75 Å². The molecular weight excluding hydrogens is 385 g/mol. The number of hydrogen-bond acceptors (Lipinski definition) is 3. The van der Waals surface area contributed by atoms with Crippen LogP contribution in [0.4, 0.5) is 18.9 Å². The third-order valence-electron chi connectivity index (χ3n) is 4.20. The largest absolute Gasteiger partial charge is 0.497 e. The summed E-state index contributed by atoms with van der Waals surface area (Å²) in [5.41, 5.74) is -0.187. The fourth-order valence-electron chi connectivity index (χ4n) is 2.71. The van der Waals surface area contributed by atoms with Crippen molar-refractivity contribution in [2.75, 3.05) is 12.4 Å². The van der Waals surface area contributed by atoms with Gasteiger partial charge < -0.3 is 14.6 Å². The number of halogens is 3. The van der Waals surface area contributed by atoms with Crippen LogP contribution in [0.5, 0.6) is 5.75 Å². The topological polar surface area (TPSA) is 60.3 Å². The number of alkyl halides is 3. The molecule has 0 fully saturated rings. The number of carbonyl (C=O) groups excluding carboxylic acids is 1. The number of hydrogen-bond donors (Lipinski definition) is 1. The average molecular weight is 402 g/mol. The van der Waals surface area contributed by atoms with E-state index in [2.05, 4.69) is 5.32 Å². The van der Waals surface area contributed by atoms with Crippen LogP contribution in [-0.2, 0) is 12.7 Å². The Labute approximate surface area is 164 Å². The van der Waals surface area contributed by atoms with E-state index in [1.807, 2.05) is 0 Å². The molecule has 0 saturated carbocycles. The first-order chi connectivity index (χ1) is 13.8. The molecule has 0 saturated heterocycles. The van der Waals surface area contributed by atoms with E-state index in [0.29, 0.717) is 17.0 Å². The van der Waals surface area contributed by atoms with Crippen LogP contribution in [0.25, 0.3) is 0 Å². The number of nitrogens with zero attached hydrogens (tertiary/aromatic N) is 1. The van der Waals surface area contributed by atoms with Crippen molar-refractivity contribution in [1.82, 2.24) is 4.57 Å². The summed E-state index contributed by atoms with van der Waals surface area (Å²) in [5, 5.41) is 2.69. The number of rotatable bonds is 5. The van der Waals surface area contributed by atoms with E-state index in [9.17, 15) is 22.8 Å². The number of anilines is 1. The maximum atomic E-state index is 12.9. The molecule has 0 aliphatic carbocycles. The van der Waals surface area contributed by atoms with E-state index in [4.69, 9.17) is 4.74 Å².